The second-order valence-electron chi connectivity index (χ2n) is 0.101. The molecule has 0 aliphatic heterocycles. The fourth-order valence-electron chi connectivity index (χ4n) is 0. The van der Waals surface area contributed by atoms with E-state index in [1.54, 1.807) is 0 Å². The third kappa shape index (κ3) is 38.3. The molecule has 0 aliphatic carbocycles. The van der Waals surface area contributed by atoms with Crippen molar-refractivity contribution in [3.8, 4) is 0 Å². The molecule has 0 heterocycles. The van der Waals surface area contributed by atoms with Crippen LogP contribution in [-0.4, -0.2) is 57.8 Å². The van der Waals surface area contributed by atoms with E-state index in [9.17, 15) is 0 Å². The van der Waals surface area contributed by atoms with Crippen LogP contribution in [0.4, 0.5) is 0 Å². The van der Waals surface area contributed by atoms with Crippen LogP contribution in [0.3, 0.4) is 0 Å². The van der Waals surface area contributed by atoms with Crippen molar-refractivity contribution in [1.82, 2.24) is 0 Å². The van der Waals surface area contributed by atoms with Crippen molar-refractivity contribution < 1.29 is 21.7 Å². The molecule has 0 aliphatic rings. The van der Waals surface area contributed by atoms with Crippen molar-refractivity contribution in [2.75, 3.05) is 7.05 Å². The van der Waals surface area contributed by atoms with Crippen molar-refractivity contribution in [2.45, 2.75) is 0 Å². The Kier molecular flexibility index (Phi) is 102. The first-order valence-corrected chi connectivity index (χ1v) is 15.4. The molecule has 0 aromatic rings. The third-order valence-electron chi connectivity index (χ3n) is 0. The molecule has 0 bridgehead atoms. The maximum Gasteiger partial charge on any atom is 0 e. The SMILES string of the molecule is CN.[I][Ca][I].[PbH2].[Ti]. The molecule has 40 valence electrons. The second kappa shape index (κ2) is 31.7. The predicted molar refractivity (Wildman–Crippen MR) is 52.4 cm³/mol. The fourth-order valence-corrected chi connectivity index (χ4v) is 0. The van der Waals surface area contributed by atoms with Gasteiger partial charge in [-0.25, -0.2) is 0 Å². The van der Waals surface area contributed by atoms with Crippen molar-refractivity contribution in [2.24, 2.45) is 5.73 Å². The third-order valence-corrected chi connectivity index (χ3v) is 0. The summed E-state index contributed by atoms with van der Waals surface area (Å²) in [7, 11) is 1.50. The van der Waals surface area contributed by atoms with Crippen LogP contribution < -0.4 is 5.73 Å². The Morgan fingerprint density at radius 3 is 1.29 bits per heavy atom. The average Bonchev–Trinajstić information content (AvgIpc) is 1.46. The van der Waals surface area contributed by atoms with E-state index in [-0.39, 0.29) is 72.4 Å². The first-order valence-electron chi connectivity index (χ1n) is 1.11. The quantitative estimate of drug-likeness (QED) is 0.318. The molecule has 0 aromatic heterocycles. The van der Waals surface area contributed by atoms with E-state index < -0.39 is 0 Å². The van der Waals surface area contributed by atoms with Crippen molar-refractivity contribution in [3.05, 3.63) is 0 Å². The van der Waals surface area contributed by atoms with Crippen molar-refractivity contribution in [1.29, 1.82) is 0 Å². The minimum atomic E-state index is 0. The van der Waals surface area contributed by atoms with Crippen LogP contribution in [0.2, 0.25) is 0 Å². The summed E-state index contributed by atoms with van der Waals surface area (Å²) in [6.07, 6.45) is 0. The number of hydrogen-bond donors (Lipinski definition) is 1. The summed E-state index contributed by atoms with van der Waals surface area (Å²) in [6, 6.07) is 0. The maximum absolute atomic E-state index is 4.50. The topological polar surface area (TPSA) is 26.0 Å². The normalized spacial score (nSPS) is 2.29. The first-order chi connectivity index (χ1) is 2.41. The summed E-state index contributed by atoms with van der Waals surface area (Å²) < 4.78 is 0. The first kappa shape index (κ1) is 22.5. The van der Waals surface area contributed by atoms with Crippen LogP contribution >= 0.6 is 30.0 Å². The van der Waals surface area contributed by atoms with Crippen LogP contribution in [-0.2, 0) is 21.7 Å². The molecule has 0 atom stereocenters. The van der Waals surface area contributed by atoms with E-state index in [2.05, 4.69) is 35.7 Å². The van der Waals surface area contributed by atoms with E-state index in [1.165, 1.54) is 7.05 Å². The molecule has 1 nitrogen and oxygen atoms in total. The van der Waals surface area contributed by atoms with Gasteiger partial charge < -0.3 is 5.73 Å². The molecule has 0 amide bonds. The molecule has 0 aromatic carbocycles. The van der Waals surface area contributed by atoms with E-state index in [0.717, 1.165) is 0 Å². The van der Waals surface area contributed by atoms with Gasteiger partial charge in [-0.05, 0) is 7.05 Å². The Morgan fingerprint density at radius 1 is 1.29 bits per heavy atom. The summed E-state index contributed by atoms with van der Waals surface area (Å²) >= 11 is 4.99. The number of nitrogens with two attached hydrogens (primary N) is 1. The summed E-state index contributed by atoms with van der Waals surface area (Å²) in [6.45, 7) is 0. The molecular formula is CH7CaI2NPbTi. The molecule has 0 rings (SSSR count). The number of halogens is 2. The minimum Gasteiger partial charge on any atom is 0 e. The molecule has 0 spiro atoms. The van der Waals surface area contributed by atoms with Gasteiger partial charge in [0, 0.05) is 21.7 Å². The predicted octanol–water partition coefficient (Wildman–Crippen LogP) is 0.0468. The Balaban J connectivity index is -0.0000000105. The average molecular weight is 582 g/mol. The summed E-state index contributed by atoms with van der Waals surface area (Å²) in [5.74, 6) is 0. The van der Waals surface area contributed by atoms with Gasteiger partial charge in [0.25, 0.3) is 0 Å². The van der Waals surface area contributed by atoms with E-state index >= 15 is 0 Å². The van der Waals surface area contributed by atoms with Gasteiger partial charge in [-0.3, -0.25) is 0 Å². The zero-order valence-corrected chi connectivity index (χ0v) is 17.8. The summed E-state index contributed by atoms with van der Waals surface area (Å²) in [5, 5.41) is 0. The Morgan fingerprint density at radius 2 is 1.29 bits per heavy atom. The van der Waals surface area contributed by atoms with Crippen molar-refractivity contribution in [3.63, 3.8) is 0 Å². The number of rotatable bonds is 0. The van der Waals surface area contributed by atoms with Crippen LogP contribution in [0.5, 0.6) is 0 Å². The Labute approximate surface area is 112 Å². The van der Waals surface area contributed by atoms with Gasteiger partial charge in [-0.1, -0.05) is 0 Å². The number of hydrogen-bond acceptors (Lipinski definition) is 1. The largest absolute Gasteiger partial charge is 0 e. The van der Waals surface area contributed by atoms with Gasteiger partial charge >= 0.3 is 80.7 Å². The molecular weight excluding hydrogens is 575 g/mol. The van der Waals surface area contributed by atoms with Gasteiger partial charge in [0.2, 0.25) is 0 Å². The zero-order valence-electron chi connectivity index (χ0n) is 4.25. The molecule has 7 heavy (non-hydrogen) atoms. The standard InChI is InChI=1S/CH5N.Ca.2HI.Pb.Ti.2H/c1-2;;;;;;;/h2H2,1H3;;2*1H;;;;/q;+2;;;;;;/p-2. The molecule has 0 saturated carbocycles. The molecule has 2 radical (unpaired) electrons. The van der Waals surface area contributed by atoms with Crippen LogP contribution in [0.1, 0.15) is 0 Å². The van der Waals surface area contributed by atoms with E-state index in [4.69, 9.17) is 0 Å². The van der Waals surface area contributed by atoms with E-state index in [1.807, 2.05) is 0 Å². The van der Waals surface area contributed by atoms with Crippen molar-refractivity contribution >= 4 is 80.7 Å². The Bertz CT molecular complexity index is 17.7. The van der Waals surface area contributed by atoms with E-state index in [0.29, 0.717) is 0 Å². The van der Waals surface area contributed by atoms with Crippen LogP contribution in [0.15, 0.2) is 0 Å². The fraction of sp³-hybridized carbons (Fsp3) is 1.00. The maximum atomic E-state index is 4.50. The monoisotopic (exact) mass is 583 g/mol. The van der Waals surface area contributed by atoms with Gasteiger partial charge in [0.1, 0.15) is 0 Å². The molecule has 2 N–H and O–H groups in total. The van der Waals surface area contributed by atoms with Crippen LogP contribution in [0.25, 0.3) is 0 Å². The second-order valence-corrected chi connectivity index (χ2v) is 18.7. The van der Waals surface area contributed by atoms with Gasteiger partial charge in [-0.15, -0.1) is 0 Å². The smallest absolute Gasteiger partial charge is 0 e. The van der Waals surface area contributed by atoms with Gasteiger partial charge in [-0.2, -0.15) is 0 Å². The summed E-state index contributed by atoms with van der Waals surface area (Å²) in [5.41, 5.74) is 4.50. The molecule has 6 heteroatoms. The zero-order chi connectivity index (χ0) is 4.71. The van der Waals surface area contributed by atoms with Gasteiger partial charge in [0.15, 0.2) is 0 Å². The molecule has 0 saturated heterocycles. The molecule has 0 fully saturated rings. The van der Waals surface area contributed by atoms with Crippen LogP contribution in [0, 0.1) is 0 Å². The minimum absolute atomic E-state index is 0. The van der Waals surface area contributed by atoms with Gasteiger partial charge in [0.05, 0.1) is 0 Å². The Hall–Kier alpha value is 4.32. The molecule has 0 unspecified atom stereocenters. The summed E-state index contributed by atoms with van der Waals surface area (Å²) in [4.78, 5) is 0.